The molecular formula is C13H23NO2. The second kappa shape index (κ2) is 6.71. The molecule has 1 aromatic heterocycles. The molecule has 16 heavy (non-hydrogen) atoms. The van der Waals surface area contributed by atoms with Crippen LogP contribution in [0, 0.1) is 12.8 Å². The Balaban J connectivity index is 2.27. The van der Waals surface area contributed by atoms with Gasteiger partial charge in [-0.15, -0.1) is 0 Å². The Hall–Kier alpha value is -0.800. The van der Waals surface area contributed by atoms with E-state index in [9.17, 15) is 5.11 Å². The number of aliphatic hydroxyl groups is 1. The summed E-state index contributed by atoms with van der Waals surface area (Å²) in [5, 5.41) is 13.1. The predicted octanol–water partition coefficient (Wildman–Crippen LogP) is 2.47. The van der Waals surface area contributed by atoms with Gasteiger partial charge < -0.3 is 14.8 Å². The SMILES string of the molecule is CCC(CC)C(O)CNCc1occc1C. The van der Waals surface area contributed by atoms with E-state index in [-0.39, 0.29) is 6.10 Å². The Labute approximate surface area is 97.9 Å². The van der Waals surface area contributed by atoms with Gasteiger partial charge in [0.2, 0.25) is 0 Å². The third-order valence-electron chi connectivity index (χ3n) is 3.20. The van der Waals surface area contributed by atoms with Gasteiger partial charge in [-0.05, 0) is 24.5 Å². The van der Waals surface area contributed by atoms with Crippen LogP contribution in [0.2, 0.25) is 0 Å². The number of hydrogen-bond acceptors (Lipinski definition) is 3. The number of rotatable bonds is 7. The summed E-state index contributed by atoms with van der Waals surface area (Å²) in [6, 6.07) is 1.95. The summed E-state index contributed by atoms with van der Waals surface area (Å²) >= 11 is 0. The van der Waals surface area contributed by atoms with Gasteiger partial charge in [-0.2, -0.15) is 0 Å². The van der Waals surface area contributed by atoms with Crippen molar-refractivity contribution in [2.75, 3.05) is 6.54 Å². The van der Waals surface area contributed by atoms with E-state index >= 15 is 0 Å². The second-order valence-corrected chi connectivity index (χ2v) is 4.30. The van der Waals surface area contributed by atoms with Crippen molar-refractivity contribution in [2.24, 2.45) is 5.92 Å². The van der Waals surface area contributed by atoms with Crippen LogP contribution in [-0.2, 0) is 6.54 Å². The maximum absolute atomic E-state index is 9.91. The van der Waals surface area contributed by atoms with E-state index < -0.39 is 0 Å². The maximum atomic E-state index is 9.91. The summed E-state index contributed by atoms with van der Waals surface area (Å²) in [7, 11) is 0. The van der Waals surface area contributed by atoms with Gasteiger partial charge in [0.25, 0.3) is 0 Å². The quantitative estimate of drug-likeness (QED) is 0.749. The lowest BCUT2D eigenvalue weighted by molar-refractivity contribution is 0.101. The van der Waals surface area contributed by atoms with E-state index in [1.165, 1.54) is 0 Å². The minimum Gasteiger partial charge on any atom is -0.468 e. The molecule has 1 unspecified atom stereocenters. The molecule has 92 valence electrons. The molecule has 2 N–H and O–H groups in total. The van der Waals surface area contributed by atoms with Gasteiger partial charge in [0.05, 0.1) is 18.9 Å². The van der Waals surface area contributed by atoms with Gasteiger partial charge >= 0.3 is 0 Å². The summed E-state index contributed by atoms with van der Waals surface area (Å²) in [4.78, 5) is 0. The standard InChI is InChI=1S/C13H23NO2/c1-4-11(5-2)12(15)8-14-9-13-10(3)6-7-16-13/h6-7,11-12,14-15H,4-5,8-9H2,1-3H3. The van der Waals surface area contributed by atoms with Crippen LogP contribution in [0.1, 0.15) is 38.0 Å². The second-order valence-electron chi connectivity index (χ2n) is 4.30. The Bertz CT molecular complexity index is 292. The van der Waals surface area contributed by atoms with Gasteiger partial charge in [-0.1, -0.05) is 26.7 Å². The molecular weight excluding hydrogens is 202 g/mol. The predicted molar refractivity (Wildman–Crippen MR) is 65.2 cm³/mol. The summed E-state index contributed by atoms with van der Waals surface area (Å²) in [5.74, 6) is 1.35. The summed E-state index contributed by atoms with van der Waals surface area (Å²) in [5.41, 5.74) is 1.16. The highest BCUT2D eigenvalue weighted by Crippen LogP contribution is 2.13. The molecule has 3 nitrogen and oxygen atoms in total. The van der Waals surface area contributed by atoms with Gasteiger partial charge in [-0.25, -0.2) is 0 Å². The van der Waals surface area contributed by atoms with Gasteiger partial charge in [0, 0.05) is 6.54 Å². The normalized spacial score (nSPS) is 13.3. The zero-order chi connectivity index (χ0) is 12.0. The van der Waals surface area contributed by atoms with Crippen LogP contribution in [0.4, 0.5) is 0 Å². The monoisotopic (exact) mass is 225 g/mol. The number of aliphatic hydroxyl groups excluding tert-OH is 1. The van der Waals surface area contributed by atoms with Crippen LogP contribution in [0.25, 0.3) is 0 Å². The molecule has 1 aromatic rings. The number of hydrogen-bond donors (Lipinski definition) is 2. The first kappa shape index (κ1) is 13.3. The van der Waals surface area contributed by atoms with Crippen molar-refractivity contribution in [3.8, 4) is 0 Å². The van der Waals surface area contributed by atoms with Crippen molar-refractivity contribution in [1.82, 2.24) is 5.32 Å². The number of nitrogens with one attached hydrogen (secondary N) is 1. The molecule has 0 aliphatic rings. The van der Waals surface area contributed by atoms with Crippen molar-refractivity contribution >= 4 is 0 Å². The van der Waals surface area contributed by atoms with Crippen molar-refractivity contribution in [3.05, 3.63) is 23.7 Å². The number of furan rings is 1. The molecule has 0 radical (unpaired) electrons. The Morgan fingerprint density at radius 1 is 1.38 bits per heavy atom. The molecule has 0 aliphatic heterocycles. The van der Waals surface area contributed by atoms with E-state index in [2.05, 4.69) is 19.2 Å². The van der Waals surface area contributed by atoms with E-state index in [0.29, 0.717) is 19.0 Å². The summed E-state index contributed by atoms with van der Waals surface area (Å²) in [6.07, 6.45) is 3.49. The molecule has 1 heterocycles. The van der Waals surface area contributed by atoms with Crippen molar-refractivity contribution in [1.29, 1.82) is 0 Å². The molecule has 0 aliphatic carbocycles. The minimum atomic E-state index is -0.259. The van der Waals surface area contributed by atoms with Crippen LogP contribution in [0.15, 0.2) is 16.7 Å². The fourth-order valence-electron chi connectivity index (χ4n) is 1.92. The molecule has 0 saturated carbocycles. The van der Waals surface area contributed by atoms with Crippen LogP contribution < -0.4 is 5.32 Å². The average molecular weight is 225 g/mol. The lowest BCUT2D eigenvalue weighted by Crippen LogP contribution is -2.32. The molecule has 1 atom stereocenters. The molecule has 0 saturated heterocycles. The van der Waals surface area contributed by atoms with Gasteiger partial charge in [0.15, 0.2) is 0 Å². The fraction of sp³-hybridized carbons (Fsp3) is 0.692. The van der Waals surface area contributed by atoms with Crippen LogP contribution in [0.3, 0.4) is 0 Å². The Morgan fingerprint density at radius 3 is 2.56 bits per heavy atom. The Morgan fingerprint density at radius 2 is 2.06 bits per heavy atom. The van der Waals surface area contributed by atoms with Crippen LogP contribution >= 0.6 is 0 Å². The number of aryl methyl sites for hydroxylation is 1. The van der Waals surface area contributed by atoms with Crippen LogP contribution in [-0.4, -0.2) is 17.8 Å². The van der Waals surface area contributed by atoms with Gasteiger partial charge in [-0.3, -0.25) is 0 Å². The highest BCUT2D eigenvalue weighted by molar-refractivity contribution is 5.14. The minimum absolute atomic E-state index is 0.259. The average Bonchev–Trinajstić information content (AvgIpc) is 2.66. The van der Waals surface area contributed by atoms with Crippen LogP contribution in [0.5, 0.6) is 0 Å². The fourth-order valence-corrected chi connectivity index (χ4v) is 1.92. The summed E-state index contributed by atoms with van der Waals surface area (Å²) < 4.78 is 5.32. The first-order valence-corrected chi connectivity index (χ1v) is 6.10. The largest absolute Gasteiger partial charge is 0.468 e. The lowest BCUT2D eigenvalue weighted by Gasteiger charge is -2.20. The Kier molecular flexibility index (Phi) is 5.56. The van der Waals surface area contributed by atoms with E-state index in [0.717, 1.165) is 24.2 Å². The smallest absolute Gasteiger partial charge is 0.120 e. The molecule has 0 aromatic carbocycles. The van der Waals surface area contributed by atoms with E-state index in [1.54, 1.807) is 6.26 Å². The van der Waals surface area contributed by atoms with Crippen molar-refractivity contribution in [2.45, 2.75) is 46.3 Å². The first-order chi connectivity index (χ1) is 7.69. The maximum Gasteiger partial charge on any atom is 0.120 e. The summed E-state index contributed by atoms with van der Waals surface area (Å²) in [6.45, 7) is 7.59. The molecule has 3 heteroatoms. The molecule has 0 bridgehead atoms. The molecule has 1 rings (SSSR count). The van der Waals surface area contributed by atoms with Gasteiger partial charge in [0.1, 0.15) is 5.76 Å². The van der Waals surface area contributed by atoms with E-state index in [1.807, 2.05) is 13.0 Å². The molecule has 0 spiro atoms. The van der Waals surface area contributed by atoms with Crippen molar-refractivity contribution < 1.29 is 9.52 Å². The third-order valence-corrected chi connectivity index (χ3v) is 3.20. The zero-order valence-electron chi connectivity index (χ0n) is 10.5. The lowest BCUT2D eigenvalue weighted by atomic mass is 9.96. The van der Waals surface area contributed by atoms with Crippen molar-refractivity contribution in [3.63, 3.8) is 0 Å². The molecule has 0 fully saturated rings. The van der Waals surface area contributed by atoms with E-state index in [4.69, 9.17) is 4.42 Å². The molecule has 0 amide bonds. The topological polar surface area (TPSA) is 45.4 Å². The highest BCUT2D eigenvalue weighted by Gasteiger charge is 2.14. The highest BCUT2D eigenvalue weighted by atomic mass is 16.3. The zero-order valence-corrected chi connectivity index (χ0v) is 10.5. The third kappa shape index (κ3) is 3.65. The first-order valence-electron chi connectivity index (χ1n) is 6.10.